The maximum absolute atomic E-state index is 12.5. The van der Waals surface area contributed by atoms with Crippen LogP contribution in [0.15, 0.2) is 66.1 Å². The van der Waals surface area contributed by atoms with Gasteiger partial charge in [0.25, 0.3) is 0 Å². The van der Waals surface area contributed by atoms with Crippen molar-refractivity contribution in [1.29, 1.82) is 0 Å². The molecule has 26 heavy (non-hydrogen) atoms. The van der Waals surface area contributed by atoms with E-state index in [1.165, 1.54) is 22.6 Å². The van der Waals surface area contributed by atoms with Gasteiger partial charge in [0.15, 0.2) is 0 Å². The van der Waals surface area contributed by atoms with E-state index in [1.807, 2.05) is 30.3 Å². The number of nitrogens with zero attached hydrogens (tertiary/aromatic N) is 1. The van der Waals surface area contributed by atoms with E-state index in [1.54, 1.807) is 4.31 Å². The van der Waals surface area contributed by atoms with E-state index in [9.17, 15) is 8.42 Å². The van der Waals surface area contributed by atoms with Crippen molar-refractivity contribution in [2.45, 2.75) is 25.7 Å². The van der Waals surface area contributed by atoms with Gasteiger partial charge >= 0.3 is 0 Å². The lowest BCUT2D eigenvalue weighted by Gasteiger charge is -2.30. The quantitative estimate of drug-likeness (QED) is 0.769. The predicted molar refractivity (Wildman–Crippen MR) is 106 cm³/mol. The number of sulfonamides is 1. The molecule has 0 atom stereocenters. The molecule has 3 rings (SSSR count). The normalized spacial score (nSPS) is 16.3. The van der Waals surface area contributed by atoms with Gasteiger partial charge in [-0.2, -0.15) is 4.31 Å². The Balaban J connectivity index is 1.58. The molecule has 0 amide bonds. The number of hydrogen-bond donors (Lipinski definition) is 0. The van der Waals surface area contributed by atoms with Crippen LogP contribution in [0, 0.1) is 18.8 Å². The first-order valence-electron chi connectivity index (χ1n) is 8.84. The van der Waals surface area contributed by atoms with Gasteiger partial charge in [-0.25, -0.2) is 8.42 Å². The van der Waals surface area contributed by atoms with Gasteiger partial charge in [0.1, 0.15) is 0 Å². The molecule has 0 aliphatic carbocycles. The number of rotatable bonds is 3. The van der Waals surface area contributed by atoms with Crippen LogP contribution in [0.1, 0.15) is 35.4 Å². The Morgan fingerprint density at radius 2 is 1.65 bits per heavy atom. The fraction of sp³-hybridized carbons (Fsp3) is 0.273. The van der Waals surface area contributed by atoms with Crippen LogP contribution in [0.2, 0.25) is 0 Å². The minimum atomic E-state index is -3.40. The molecule has 1 heterocycles. The molecule has 134 valence electrons. The Morgan fingerprint density at radius 3 is 2.31 bits per heavy atom. The fourth-order valence-corrected chi connectivity index (χ4v) is 4.27. The van der Waals surface area contributed by atoms with E-state index in [0.29, 0.717) is 19.0 Å². The summed E-state index contributed by atoms with van der Waals surface area (Å²) in [5.74, 6) is 6.17. The molecule has 0 N–H and O–H groups in total. The molecule has 0 unspecified atom stereocenters. The zero-order valence-electron chi connectivity index (χ0n) is 14.9. The third kappa shape index (κ3) is 4.85. The number of benzene rings is 2. The number of allylic oxidation sites excluding steroid dienone is 1. The van der Waals surface area contributed by atoms with E-state index >= 15 is 0 Å². The molecule has 1 fully saturated rings. The fourth-order valence-electron chi connectivity index (χ4n) is 3.13. The average molecular weight is 365 g/mol. The van der Waals surface area contributed by atoms with Crippen molar-refractivity contribution in [1.82, 2.24) is 4.31 Å². The summed E-state index contributed by atoms with van der Waals surface area (Å²) in [5.41, 5.74) is 3.42. The highest BCUT2D eigenvalue weighted by atomic mass is 32.2. The van der Waals surface area contributed by atoms with E-state index in [-0.39, 0.29) is 0 Å². The van der Waals surface area contributed by atoms with Crippen molar-refractivity contribution in [3.63, 3.8) is 0 Å². The van der Waals surface area contributed by atoms with Gasteiger partial charge in [-0.05, 0) is 43.4 Å². The summed E-state index contributed by atoms with van der Waals surface area (Å²) in [4.78, 5) is 0. The second-order valence-corrected chi connectivity index (χ2v) is 8.39. The van der Waals surface area contributed by atoms with Crippen molar-refractivity contribution in [2.75, 3.05) is 13.1 Å². The second-order valence-electron chi connectivity index (χ2n) is 6.57. The second kappa shape index (κ2) is 8.35. The molecule has 2 aromatic rings. The van der Waals surface area contributed by atoms with Gasteiger partial charge in [0.2, 0.25) is 10.0 Å². The molecule has 1 saturated heterocycles. The monoisotopic (exact) mass is 365 g/mol. The Kier molecular flexibility index (Phi) is 5.92. The smallest absolute Gasteiger partial charge is 0.207 e. The third-order valence-corrected chi connectivity index (χ3v) is 6.24. The van der Waals surface area contributed by atoms with E-state index in [0.717, 1.165) is 18.4 Å². The Morgan fingerprint density at radius 1 is 1.00 bits per heavy atom. The molecule has 4 heteroatoms. The van der Waals surface area contributed by atoms with Crippen LogP contribution in [0.5, 0.6) is 0 Å². The Labute approximate surface area is 156 Å². The minimum Gasteiger partial charge on any atom is -0.207 e. The van der Waals surface area contributed by atoms with E-state index in [4.69, 9.17) is 0 Å². The van der Waals surface area contributed by atoms with Crippen LogP contribution in [-0.2, 0) is 10.0 Å². The van der Waals surface area contributed by atoms with Crippen LogP contribution in [0.3, 0.4) is 0 Å². The lowest BCUT2D eigenvalue weighted by atomic mass is 9.90. The highest BCUT2D eigenvalue weighted by Gasteiger charge is 2.26. The number of piperidine rings is 1. The highest BCUT2D eigenvalue weighted by Crippen LogP contribution is 2.29. The third-order valence-electron chi connectivity index (χ3n) is 4.68. The average Bonchev–Trinajstić information content (AvgIpc) is 2.67. The van der Waals surface area contributed by atoms with Gasteiger partial charge in [-0.3, -0.25) is 0 Å². The summed E-state index contributed by atoms with van der Waals surface area (Å²) >= 11 is 0. The van der Waals surface area contributed by atoms with Crippen LogP contribution in [-0.4, -0.2) is 25.8 Å². The maximum atomic E-state index is 12.5. The molecule has 0 radical (unpaired) electrons. The number of aryl methyl sites for hydroxylation is 1. The molecule has 0 saturated carbocycles. The molecular formula is C22H23NO2S. The van der Waals surface area contributed by atoms with E-state index in [2.05, 4.69) is 43.0 Å². The Hall–Kier alpha value is -2.35. The van der Waals surface area contributed by atoms with Gasteiger partial charge in [0.05, 0.1) is 5.41 Å². The lowest BCUT2D eigenvalue weighted by molar-refractivity contribution is 0.322. The largest absolute Gasteiger partial charge is 0.236 e. The summed E-state index contributed by atoms with van der Waals surface area (Å²) in [6.45, 7) is 3.18. The van der Waals surface area contributed by atoms with Gasteiger partial charge in [-0.15, -0.1) is 0 Å². The van der Waals surface area contributed by atoms with Crippen LogP contribution in [0.4, 0.5) is 0 Å². The van der Waals surface area contributed by atoms with Gasteiger partial charge in [0, 0.05) is 24.7 Å². The summed E-state index contributed by atoms with van der Waals surface area (Å²) in [5, 5.41) is 1.22. The zero-order valence-corrected chi connectivity index (χ0v) is 15.7. The van der Waals surface area contributed by atoms with Crippen molar-refractivity contribution < 1.29 is 8.42 Å². The molecular weight excluding hydrogens is 342 g/mol. The van der Waals surface area contributed by atoms with Crippen molar-refractivity contribution in [3.8, 4) is 11.8 Å². The molecule has 0 spiro atoms. The molecule has 3 nitrogen and oxygen atoms in total. The lowest BCUT2D eigenvalue weighted by Crippen LogP contribution is -2.36. The van der Waals surface area contributed by atoms with Crippen LogP contribution < -0.4 is 0 Å². The van der Waals surface area contributed by atoms with Crippen LogP contribution in [0.25, 0.3) is 0 Å². The summed E-state index contributed by atoms with van der Waals surface area (Å²) in [6, 6.07) is 18.1. The van der Waals surface area contributed by atoms with Crippen molar-refractivity contribution in [3.05, 3.63) is 82.8 Å². The Bertz CT molecular complexity index is 912. The predicted octanol–water partition coefficient (Wildman–Crippen LogP) is 4.07. The molecule has 0 bridgehead atoms. The SMILES string of the molecule is Cc1ccc(C2CCN(S(=O)(=O)C=CC#Cc3ccccc3)CC2)cc1. The van der Waals surface area contributed by atoms with Crippen molar-refractivity contribution in [2.24, 2.45) is 0 Å². The molecule has 1 aliphatic heterocycles. The minimum absolute atomic E-state index is 0.434. The maximum Gasteiger partial charge on any atom is 0.236 e. The molecule has 1 aliphatic rings. The first kappa shape index (κ1) is 18.4. The topological polar surface area (TPSA) is 37.4 Å². The highest BCUT2D eigenvalue weighted by molar-refractivity contribution is 7.92. The number of hydrogen-bond acceptors (Lipinski definition) is 2. The summed E-state index contributed by atoms with van der Waals surface area (Å²) in [7, 11) is -3.40. The van der Waals surface area contributed by atoms with Crippen LogP contribution >= 0.6 is 0 Å². The first-order valence-corrected chi connectivity index (χ1v) is 10.3. The summed E-state index contributed by atoms with van der Waals surface area (Å²) < 4.78 is 26.5. The molecule has 2 aromatic carbocycles. The standard InChI is InChI=1S/C22H23NO2S/c1-19-10-12-21(13-11-19)22-14-16-23(17-15-22)26(24,25)18-6-5-9-20-7-3-2-4-8-20/h2-4,6-8,10-13,18,22H,14-17H2,1H3. The summed E-state index contributed by atoms with van der Waals surface area (Å²) in [6.07, 6.45) is 3.13. The molecule has 0 aromatic heterocycles. The van der Waals surface area contributed by atoms with Crippen molar-refractivity contribution >= 4 is 10.0 Å². The van der Waals surface area contributed by atoms with Gasteiger partial charge in [-0.1, -0.05) is 59.9 Å². The first-order chi connectivity index (χ1) is 12.5. The zero-order chi connectivity index (χ0) is 18.4. The van der Waals surface area contributed by atoms with Gasteiger partial charge < -0.3 is 0 Å². The van der Waals surface area contributed by atoms with E-state index < -0.39 is 10.0 Å².